The van der Waals surface area contributed by atoms with Gasteiger partial charge in [-0.2, -0.15) is 13.2 Å². The smallest absolute Gasteiger partial charge is 0.347 e. The fourth-order valence-electron chi connectivity index (χ4n) is 4.04. The third-order valence-corrected chi connectivity index (χ3v) is 5.66. The fraction of sp³-hybridized carbons (Fsp3) is 0.348. The number of benzene rings is 2. The molecule has 1 amide bonds. The summed E-state index contributed by atoms with van der Waals surface area (Å²) in [6.45, 7) is 1.80. The van der Waals surface area contributed by atoms with Crippen molar-refractivity contribution in [2.24, 2.45) is 0 Å². The average molecular weight is 443 g/mol. The predicted molar refractivity (Wildman–Crippen MR) is 113 cm³/mol. The van der Waals surface area contributed by atoms with E-state index in [1.165, 1.54) is 12.1 Å². The maximum absolute atomic E-state index is 13.3. The molecule has 0 unspecified atom stereocenters. The van der Waals surface area contributed by atoms with Gasteiger partial charge in [-0.05, 0) is 36.6 Å². The molecule has 3 aromatic rings. The van der Waals surface area contributed by atoms with Gasteiger partial charge in [0.05, 0.1) is 18.3 Å². The molecule has 1 atom stereocenters. The van der Waals surface area contributed by atoms with Crippen LogP contribution in [0, 0.1) is 0 Å². The van der Waals surface area contributed by atoms with Crippen molar-refractivity contribution in [3.8, 4) is 0 Å². The maximum atomic E-state index is 13.3. The highest BCUT2D eigenvalue weighted by molar-refractivity contribution is 5.91. The van der Waals surface area contributed by atoms with E-state index in [0.29, 0.717) is 13.1 Å². The van der Waals surface area contributed by atoms with Crippen LogP contribution in [0.3, 0.4) is 0 Å². The number of nitrogens with one attached hydrogen (secondary N) is 1. The van der Waals surface area contributed by atoms with E-state index >= 15 is 0 Å². The van der Waals surface area contributed by atoms with Gasteiger partial charge in [0, 0.05) is 19.1 Å². The molecule has 1 aliphatic heterocycles. The van der Waals surface area contributed by atoms with Crippen LogP contribution in [0.4, 0.5) is 13.2 Å². The predicted octanol–water partition coefficient (Wildman–Crippen LogP) is 3.89. The molecule has 168 valence electrons. The number of rotatable bonds is 7. The number of carbonyl (C=O) groups is 1. The van der Waals surface area contributed by atoms with Gasteiger partial charge in [0.15, 0.2) is 5.69 Å². The van der Waals surface area contributed by atoms with Gasteiger partial charge < -0.3 is 5.32 Å². The van der Waals surface area contributed by atoms with Crippen LogP contribution in [0.2, 0.25) is 0 Å². The molecule has 0 aliphatic carbocycles. The van der Waals surface area contributed by atoms with Gasteiger partial charge in [0.25, 0.3) is 5.91 Å². The van der Waals surface area contributed by atoms with Crippen LogP contribution in [0.25, 0.3) is 0 Å². The lowest BCUT2D eigenvalue weighted by Crippen LogP contribution is -2.33. The Morgan fingerprint density at radius 2 is 1.84 bits per heavy atom. The van der Waals surface area contributed by atoms with Crippen LogP contribution in [0.1, 0.15) is 40.0 Å². The van der Waals surface area contributed by atoms with E-state index in [-0.39, 0.29) is 29.8 Å². The van der Waals surface area contributed by atoms with Crippen LogP contribution in [-0.4, -0.2) is 38.4 Å². The maximum Gasteiger partial charge on any atom is 0.416 e. The first-order valence-electron chi connectivity index (χ1n) is 10.5. The van der Waals surface area contributed by atoms with Crippen LogP contribution in [-0.2, 0) is 25.8 Å². The Kier molecular flexibility index (Phi) is 6.55. The van der Waals surface area contributed by atoms with Gasteiger partial charge in [0.2, 0.25) is 0 Å². The second kappa shape index (κ2) is 9.52. The van der Waals surface area contributed by atoms with Gasteiger partial charge in [-0.3, -0.25) is 14.4 Å². The van der Waals surface area contributed by atoms with Crippen molar-refractivity contribution < 1.29 is 18.0 Å². The van der Waals surface area contributed by atoms with Crippen molar-refractivity contribution in [2.75, 3.05) is 6.54 Å². The second-order valence-corrected chi connectivity index (χ2v) is 7.92. The van der Waals surface area contributed by atoms with Crippen LogP contribution < -0.4 is 5.32 Å². The van der Waals surface area contributed by atoms with Crippen LogP contribution >= 0.6 is 0 Å². The molecule has 0 spiro atoms. The Labute approximate surface area is 184 Å². The van der Waals surface area contributed by atoms with Crippen molar-refractivity contribution in [3.05, 3.63) is 83.2 Å². The first-order chi connectivity index (χ1) is 15.4. The van der Waals surface area contributed by atoms with Gasteiger partial charge in [-0.1, -0.05) is 53.7 Å². The molecule has 1 aromatic heterocycles. The van der Waals surface area contributed by atoms with Gasteiger partial charge in [-0.25, -0.2) is 0 Å². The van der Waals surface area contributed by atoms with Crippen molar-refractivity contribution >= 4 is 5.91 Å². The first kappa shape index (κ1) is 22.0. The number of alkyl halides is 3. The zero-order valence-corrected chi connectivity index (χ0v) is 17.4. The lowest BCUT2D eigenvalue weighted by atomic mass is 10.1. The summed E-state index contributed by atoms with van der Waals surface area (Å²) in [5.41, 5.74) is 0.872. The van der Waals surface area contributed by atoms with Gasteiger partial charge in [-0.15, -0.1) is 5.10 Å². The molecule has 1 saturated heterocycles. The highest BCUT2D eigenvalue weighted by atomic mass is 19.4. The number of likely N-dealkylation sites (tertiary alicyclic amines) is 1. The molecule has 1 N–H and O–H groups in total. The minimum Gasteiger partial charge on any atom is -0.347 e. The summed E-state index contributed by atoms with van der Waals surface area (Å²) in [6, 6.07) is 15.3. The van der Waals surface area contributed by atoms with E-state index in [1.807, 2.05) is 35.2 Å². The zero-order valence-electron chi connectivity index (χ0n) is 17.4. The first-order valence-corrected chi connectivity index (χ1v) is 10.5. The minimum absolute atomic E-state index is 0.0261. The summed E-state index contributed by atoms with van der Waals surface area (Å²) < 4.78 is 41.6. The quantitative estimate of drug-likeness (QED) is 0.602. The molecule has 0 radical (unpaired) electrons. The lowest BCUT2D eigenvalue weighted by Gasteiger charge is -2.25. The average Bonchev–Trinajstić information content (AvgIpc) is 3.42. The van der Waals surface area contributed by atoms with Crippen LogP contribution in [0.15, 0.2) is 60.8 Å². The molecule has 2 heterocycles. The number of halogens is 3. The number of hydrogen-bond donors (Lipinski definition) is 1. The van der Waals surface area contributed by atoms with E-state index in [2.05, 4.69) is 15.6 Å². The Morgan fingerprint density at radius 1 is 1.09 bits per heavy atom. The van der Waals surface area contributed by atoms with Crippen LogP contribution in [0.5, 0.6) is 0 Å². The van der Waals surface area contributed by atoms with E-state index in [0.717, 1.165) is 31.0 Å². The summed E-state index contributed by atoms with van der Waals surface area (Å²) in [5.74, 6) is -0.317. The van der Waals surface area contributed by atoms with Crippen molar-refractivity contribution in [3.63, 3.8) is 0 Å². The summed E-state index contributed by atoms with van der Waals surface area (Å²) in [6.07, 6.45) is -1.04. The Morgan fingerprint density at radius 3 is 2.62 bits per heavy atom. The number of nitrogens with zero attached hydrogens (tertiary/aromatic N) is 4. The zero-order chi connectivity index (χ0) is 22.6. The molecule has 0 saturated carbocycles. The largest absolute Gasteiger partial charge is 0.416 e. The molecule has 0 bridgehead atoms. The number of hydrogen-bond acceptors (Lipinski definition) is 4. The molecule has 1 aliphatic rings. The molecule has 1 fully saturated rings. The number of aromatic nitrogens is 3. The third kappa shape index (κ3) is 5.34. The lowest BCUT2D eigenvalue weighted by molar-refractivity contribution is -0.138. The molecular weight excluding hydrogens is 419 g/mol. The molecule has 6 nitrogen and oxygen atoms in total. The Balaban J connectivity index is 1.37. The summed E-state index contributed by atoms with van der Waals surface area (Å²) in [7, 11) is 0. The van der Waals surface area contributed by atoms with Gasteiger partial charge in [0.1, 0.15) is 0 Å². The monoisotopic (exact) mass is 443 g/mol. The molecule has 4 rings (SSSR count). The molecular formula is C23H24F3N5O. The second-order valence-electron chi connectivity index (χ2n) is 7.92. The molecule has 2 aromatic carbocycles. The van der Waals surface area contributed by atoms with E-state index < -0.39 is 11.7 Å². The number of amides is 1. The molecule has 32 heavy (non-hydrogen) atoms. The highest BCUT2D eigenvalue weighted by Gasteiger charge is 2.34. The molecule has 9 heteroatoms. The highest BCUT2D eigenvalue weighted by Crippen LogP contribution is 2.33. The topological polar surface area (TPSA) is 63.1 Å². The minimum atomic E-state index is -4.38. The summed E-state index contributed by atoms with van der Waals surface area (Å²) in [4.78, 5) is 14.4. The van der Waals surface area contributed by atoms with Crippen molar-refractivity contribution in [1.82, 2.24) is 25.2 Å². The Hall–Kier alpha value is -3.20. The van der Waals surface area contributed by atoms with Crippen molar-refractivity contribution in [2.45, 2.75) is 44.7 Å². The van der Waals surface area contributed by atoms with Gasteiger partial charge >= 0.3 is 6.18 Å². The Bertz CT molecular complexity index is 1050. The summed E-state index contributed by atoms with van der Waals surface area (Å²) in [5, 5.41) is 10.8. The SMILES string of the molecule is O=C(NCc1ccccc1)c1cn(C[C@@H]2CCCN2Cc2ccccc2C(F)(F)F)nn1. The van der Waals surface area contributed by atoms with E-state index in [9.17, 15) is 18.0 Å². The standard InChI is InChI=1S/C23H24F3N5O/c24-23(25,26)20-11-5-4-9-18(20)14-30-12-6-10-19(30)15-31-16-21(28-29-31)22(32)27-13-17-7-2-1-3-8-17/h1-5,7-9,11,16,19H,6,10,12-15H2,(H,27,32)/t19-/m0/s1. The normalized spacial score (nSPS) is 16.9. The van der Waals surface area contributed by atoms with E-state index in [4.69, 9.17) is 0 Å². The van der Waals surface area contributed by atoms with E-state index in [1.54, 1.807) is 16.9 Å². The summed E-state index contributed by atoms with van der Waals surface area (Å²) >= 11 is 0. The third-order valence-electron chi connectivity index (χ3n) is 5.66. The number of carbonyl (C=O) groups excluding carboxylic acids is 1. The fourth-order valence-corrected chi connectivity index (χ4v) is 4.04. The van der Waals surface area contributed by atoms with Crippen molar-refractivity contribution in [1.29, 1.82) is 0 Å².